The van der Waals surface area contributed by atoms with Gasteiger partial charge in [-0.05, 0) is 50.6 Å². The van der Waals surface area contributed by atoms with Crippen molar-refractivity contribution in [1.82, 2.24) is 4.90 Å². The number of fused-ring (bicyclic) bond motifs is 3. The molecule has 3 heteroatoms. The lowest BCUT2D eigenvalue weighted by molar-refractivity contribution is -0.0713. The highest BCUT2D eigenvalue weighted by molar-refractivity contribution is 5.51. The van der Waals surface area contributed by atoms with Crippen molar-refractivity contribution in [2.24, 2.45) is 5.92 Å². The normalized spacial score (nSPS) is 32.7. The van der Waals surface area contributed by atoms with Crippen LogP contribution in [0.25, 0.3) is 0 Å². The van der Waals surface area contributed by atoms with Crippen molar-refractivity contribution in [3.63, 3.8) is 0 Å². The van der Waals surface area contributed by atoms with Crippen LogP contribution in [-0.4, -0.2) is 35.2 Å². The molecule has 1 unspecified atom stereocenters. The van der Waals surface area contributed by atoms with E-state index < -0.39 is 5.60 Å². The van der Waals surface area contributed by atoms with Gasteiger partial charge in [0, 0.05) is 23.7 Å². The van der Waals surface area contributed by atoms with Crippen molar-refractivity contribution in [3.05, 3.63) is 29.3 Å². The van der Waals surface area contributed by atoms with Gasteiger partial charge >= 0.3 is 0 Å². The number of aryl methyl sites for hydroxylation is 1. The summed E-state index contributed by atoms with van der Waals surface area (Å²) in [6, 6.07) is 5.73. The van der Waals surface area contributed by atoms with Gasteiger partial charge in [0.05, 0.1) is 0 Å². The van der Waals surface area contributed by atoms with Gasteiger partial charge in [0.2, 0.25) is 0 Å². The number of hydrogen-bond acceptors (Lipinski definition) is 3. The molecule has 3 N–H and O–H groups in total. The smallest absolute Gasteiger partial charge is 0.141 e. The van der Waals surface area contributed by atoms with Gasteiger partial charge < -0.3 is 10.8 Å². The minimum absolute atomic E-state index is 0.325. The van der Waals surface area contributed by atoms with E-state index in [9.17, 15) is 5.11 Å². The van der Waals surface area contributed by atoms with E-state index in [1.807, 2.05) is 25.1 Å². The number of piperidine rings is 3. The van der Waals surface area contributed by atoms with Crippen LogP contribution in [0, 0.1) is 24.7 Å². The molecule has 3 heterocycles. The SMILES string of the molecule is Cc1ccc(N)cc1C#CC1(O)CN2CCC1CC2. The molecule has 0 aromatic heterocycles. The molecule has 1 atom stereocenters. The lowest BCUT2D eigenvalue weighted by atomic mass is 9.75. The summed E-state index contributed by atoms with van der Waals surface area (Å²) in [5.74, 6) is 6.59. The van der Waals surface area contributed by atoms with Crippen molar-refractivity contribution in [2.75, 3.05) is 25.4 Å². The van der Waals surface area contributed by atoms with E-state index in [0.717, 1.165) is 42.7 Å². The Morgan fingerprint density at radius 3 is 2.74 bits per heavy atom. The van der Waals surface area contributed by atoms with Gasteiger partial charge in [0.25, 0.3) is 0 Å². The summed E-state index contributed by atoms with van der Waals surface area (Å²) in [7, 11) is 0. The summed E-state index contributed by atoms with van der Waals surface area (Å²) in [4.78, 5) is 2.31. The summed E-state index contributed by atoms with van der Waals surface area (Å²) in [6.45, 7) is 4.91. The van der Waals surface area contributed by atoms with E-state index in [-0.39, 0.29) is 0 Å². The molecule has 0 radical (unpaired) electrons. The van der Waals surface area contributed by atoms with Crippen LogP contribution < -0.4 is 5.73 Å². The first kappa shape index (κ1) is 12.5. The maximum absolute atomic E-state index is 10.7. The summed E-state index contributed by atoms with van der Waals surface area (Å²) in [6.07, 6.45) is 2.11. The van der Waals surface area contributed by atoms with Gasteiger partial charge in [-0.1, -0.05) is 17.9 Å². The molecule has 1 aromatic carbocycles. The molecule has 3 aliphatic rings. The fraction of sp³-hybridized carbons (Fsp3) is 0.500. The summed E-state index contributed by atoms with van der Waals surface area (Å²) < 4.78 is 0. The second-order valence-electron chi connectivity index (χ2n) is 5.80. The Morgan fingerprint density at radius 1 is 1.37 bits per heavy atom. The fourth-order valence-corrected chi connectivity index (χ4v) is 3.13. The third-order valence-electron chi connectivity index (χ3n) is 4.40. The van der Waals surface area contributed by atoms with E-state index in [2.05, 4.69) is 16.7 Å². The predicted octanol–water partition coefficient (Wildman–Crippen LogP) is 1.39. The van der Waals surface area contributed by atoms with Crippen LogP contribution >= 0.6 is 0 Å². The number of benzene rings is 1. The maximum Gasteiger partial charge on any atom is 0.141 e. The third-order valence-corrected chi connectivity index (χ3v) is 4.40. The quantitative estimate of drug-likeness (QED) is 0.545. The molecule has 100 valence electrons. The minimum atomic E-state index is -0.840. The van der Waals surface area contributed by atoms with Crippen molar-refractivity contribution < 1.29 is 5.11 Å². The first-order valence-electron chi connectivity index (χ1n) is 6.91. The molecule has 3 saturated heterocycles. The van der Waals surface area contributed by atoms with Crippen molar-refractivity contribution in [2.45, 2.75) is 25.4 Å². The average molecular weight is 256 g/mol. The number of nitrogen functional groups attached to an aromatic ring is 1. The molecule has 4 rings (SSSR count). The lowest BCUT2D eigenvalue weighted by Crippen LogP contribution is -2.58. The number of anilines is 1. The lowest BCUT2D eigenvalue weighted by Gasteiger charge is -2.47. The largest absolute Gasteiger partial charge is 0.399 e. The zero-order valence-corrected chi connectivity index (χ0v) is 11.3. The van der Waals surface area contributed by atoms with Crippen LogP contribution in [0.15, 0.2) is 18.2 Å². The third kappa shape index (κ3) is 2.34. The average Bonchev–Trinajstić information content (AvgIpc) is 2.41. The van der Waals surface area contributed by atoms with Gasteiger partial charge in [-0.15, -0.1) is 0 Å². The van der Waals surface area contributed by atoms with Gasteiger partial charge in [-0.3, -0.25) is 4.90 Å². The Morgan fingerprint density at radius 2 is 2.11 bits per heavy atom. The van der Waals surface area contributed by atoms with E-state index in [1.54, 1.807) is 0 Å². The van der Waals surface area contributed by atoms with Crippen molar-refractivity contribution >= 4 is 5.69 Å². The summed E-state index contributed by atoms with van der Waals surface area (Å²) >= 11 is 0. The molecule has 19 heavy (non-hydrogen) atoms. The highest BCUT2D eigenvalue weighted by atomic mass is 16.3. The van der Waals surface area contributed by atoms with Crippen LogP contribution in [0.2, 0.25) is 0 Å². The number of nitrogens with two attached hydrogens (primary N) is 1. The molecule has 2 bridgehead atoms. The summed E-state index contributed by atoms with van der Waals surface area (Å²) in [5, 5.41) is 10.7. The van der Waals surface area contributed by atoms with E-state index >= 15 is 0 Å². The van der Waals surface area contributed by atoms with Gasteiger partial charge in [-0.25, -0.2) is 0 Å². The Balaban J connectivity index is 1.89. The van der Waals surface area contributed by atoms with Crippen molar-refractivity contribution in [3.8, 4) is 11.8 Å². The van der Waals surface area contributed by atoms with E-state index in [1.165, 1.54) is 0 Å². The Bertz CT molecular complexity index is 550. The number of nitrogens with zero attached hydrogens (tertiary/aromatic N) is 1. The highest BCUT2D eigenvalue weighted by Crippen LogP contribution is 2.35. The standard InChI is InChI=1S/C16H20N2O/c1-12-2-3-15(17)10-13(12)4-7-16(19)11-18-8-5-14(16)6-9-18/h2-3,10,14,19H,5-6,8-9,11,17H2,1H3. The Labute approximate surface area is 114 Å². The number of rotatable bonds is 0. The topological polar surface area (TPSA) is 49.5 Å². The molecule has 0 spiro atoms. The molecule has 0 aliphatic carbocycles. The number of hydrogen-bond donors (Lipinski definition) is 2. The van der Waals surface area contributed by atoms with Crippen LogP contribution in [-0.2, 0) is 0 Å². The predicted molar refractivity (Wildman–Crippen MR) is 76.6 cm³/mol. The second kappa shape index (κ2) is 4.56. The van der Waals surface area contributed by atoms with Crippen molar-refractivity contribution in [1.29, 1.82) is 0 Å². The van der Waals surface area contributed by atoms with Crippen LogP contribution in [0.1, 0.15) is 24.0 Å². The first-order valence-corrected chi connectivity index (χ1v) is 6.91. The van der Waals surface area contributed by atoms with Gasteiger partial charge in [-0.2, -0.15) is 0 Å². The fourth-order valence-electron chi connectivity index (χ4n) is 3.13. The number of aliphatic hydroxyl groups is 1. The zero-order valence-electron chi connectivity index (χ0n) is 11.3. The van der Waals surface area contributed by atoms with Gasteiger partial charge in [0.1, 0.15) is 5.60 Å². The molecular weight excluding hydrogens is 236 g/mol. The molecule has 0 saturated carbocycles. The monoisotopic (exact) mass is 256 g/mol. The van der Waals surface area contributed by atoms with E-state index in [4.69, 9.17) is 5.73 Å². The first-order chi connectivity index (χ1) is 9.07. The molecule has 1 aromatic rings. The maximum atomic E-state index is 10.7. The van der Waals surface area contributed by atoms with E-state index in [0.29, 0.717) is 12.5 Å². The van der Waals surface area contributed by atoms with Crippen LogP contribution in [0.5, 0.6) is 0 Å². The molecular formula is C16H20N2O. The second-order valence-corrected chi connectivity index (χ2v) is 5.80. The molecule has 3 nitrogen and oxygen atoms in total. The van der Waals surface area contributed by atoms with Crippen LogP contribution in [0.3, 0.4) is 0 Å². The minimum Gasteiger partial charge on any atom is -0.399 e. The molecule has 3 aliphatic heterocycles. The van der Waals surface area contributed by atoms with Crippen LogP contribution in [0.4, 0.5) is 5.69 Å². The Hall–Kier alpha value is -1.50. The van der Waals surface area contributed by atoms with Gasteiger partial charge in [0.15, 0.2) is 0 Å². The zero-order chi connectivity index (χ0) is 13.5. The molecule has 0 amide bonds. The summed E-state index contributed by atoms with van der Waals surface area (Å²) in [5.41, 5.74) is 7.69. The Kier molecular flexibility index (Phi) is 3.00. The molecule has 3 fully saturated rings. The highest BCUT2D eigenvalue weighted by Gasteiger charge is 2.44.